The number of hydrogen-bond donors (Lipinski definition) is 3. The van der Waals surface area contributed by atoms with Crippen LogP contribution in [-0.2, 0) is 4.79 Å². The SMILES string of the molecule is Cc1ccc(NC(=O)CCN)cc1C(N)=O.Cl. The Hall–Kier alpha value is -1.59. The van der Waals surface area contributed by atoms with Gasteiger partial charge < -0.3 is 16.8 Å². The summed E-state index contributed by atoms with van der Waals surface area (Å²) in [6, 6.07) is 5.01. The second-order valence-corrected chi connectivity index (χ2v) is 3.48. The quantitative estimate of drug-likeness (QED) is 0.744. The van der Waals surface area contributed by atoms with Crippen LogP contribution in [0, 0.1) is 6.92 Å². The summed E-state index contributed by atoms with van der Waals surface area (Å²) in [6.45, 7) is 2.08. The minimum atomic E-state index is -0.507. The molecule has 0 spiro atoms. The summed E-state index contributed by atoms with van der Waals surface area (Å²) in [5.41, 5.74) is 12.2. The fourth-order valence-electron chi connectivity index (χ4n) is 1.32. The van der Waals surface area contributed by atoms with Crippen molar-refractivity contribution in [1.29, 1.82) is 0 Å². The van der Waals surface area contributed by atoms with Gasteiger partial charge in [0.2, 0.25) is 11.8 Å². The fraction of sp³-hybridized carbons (Fsp3) is 0.273. The van der Waals surface area contributed by atoms with Crippen molar-refractivity contribution in [2.24, 2.45) is 11.5 Å². The largest absolute Gasteiger partial charge is 0.366 e. The number of nitrogens with two attached hydrogens (primary N) is 2. The van der Waals surface area contributed by atoms with Crippen LogP contribution >= 0.6 is 12.4 Å². The number of anilines is 1. The zero-order chi connectivity index (χ0) is 12.1. The summed E-state index contributed by atoms with van der Waals surface area (Å²) in [5, 5.41) is 2.64. The second kappa shape index (κ2) is 6.88. The Labute approximate surface area is 106 Å². The molecule has 6 heteroatoms. The molecule has 1 rings (SSSR count). The molecule has 0 heterocycles. The monoisotopic (exact) mass is 257 g/mol. The molecule has 0 atom stereocenters. The average Bonchev–Trinajstić information content (AvgIpc) is 2.21. The Morgan fingerprint density at radius 2 is 2.00 bits per heavy atom. The van der Waals surface area contributed by atoms with E-state index in [9.17, 15) is 9.59 Å². The Morgan fingerprint density at radius 1 is 1.35 bits per heavy atom. The van der Waals surface area contributed by atoms with Gasteiger partial charge in [0.25, 0.3) is 0 Å². The maximum absolute atomic E-state index is 11.3. The van der Waals surface area contributed by atoms with Gasteiger partial charge in [0.05, 0.1) is 0 Å². The zero-order valence-corrected chi connectivity index (χ0v) is 10.3. The van der Waals surface area contributed by atoms with Gasteiger partial charge in [0, 0.05) is 24.2 Å². The highest BCUT2D eigenvalue weighted by Crippen LogP contribution is 2.14. The van der Waals surface area contributed by atoms with Gasteiger partial charge >= 0.3 is 0 Å². The van der Waals surface area contributed by atoms with Gasteiger partial charge in [-0.1, -0.05) is 6.07 Å². The molecule has 0 aliphatic heterocycles. The Kier molecular flexibility index (Phi) is 6.23. The highest BCUT2D eigenvalue weighted by Gasteiger charge is 2.07. The summed E-state index contributed by atoms with van der Waals surface area (Å²) >= 11 is 0. The topological polar surface area (TPSA) is 98.2 Å². The van der Waals surface area contributed by atoms with Crippen LogP contribution < -0.4 is 16.8 Å². The van der Waals surface area contributed by atoms with E-state index >= 15 is 0 Å². The Morgan fingerprint density at radius 3 is 2.53 bits per heavy atom. The van der Waals surface area contributed by atoms with Gasteiger partial charge in [-0.05, 0) is 24.6 Å². The normalized spacial score (nSPS) is 9.29. The third kappa shape index (κ3) is 4.42. The van der Waals surface area contributed by atoms with Crippen molar-refractivity contribution in [3.05, 3.63) is 29.3 Å². The second-order valence-electron chi connectivity index (χ2n) is 3.48. The van der Waals surface area contributed by atoms with E-state index in [1.165, 1.54) is 0 Å². The third-order valence-corrected chi connectivity index (χ3v) is 2.16. The molecule has 0 saturated carbocycles. The lowest BCUT2D eigenvalue weighted by atomic mass is 10.1. The van der Waals surface area contributed by atoms with Gasteiger partial charge in [-0.3, -0.25) is 9.59 Å². The third-order valence-electron chi connectivity index (χ3n) is 2.16. The molecule has 0 aliphatic carbocycles. The lowest BCUT2D eigenvalue weighted by Gasteiger charge is -2.07. The van der Waals surface area contributed by atoms with Crippen LogP contribution in [-0.4, -0.2) is 18.4 Å². The van der Waals surface area contributed by atoms with E-state index < -0.39 is 5.91 Å². The van der Waals surface area contributed by atoms with E-state index in [2.05, 4.69) is 5.32 Å². The van der Waals surface area contributed by atoms with Crippen molar-refractivity contribution < 1.29 is 9.59 Å². The Bertz CT molecular complexity index is 421. The molecule has 94 valence electrons. The number of halogens is 1. The predicted octanol–water partition coefficient (Wildman–Crippen LogP) is 0.803. The molecule has 5 N–H and O–H groups in total. The predicted molar refractivity (Wildman–Crippen MR) is 69.2 cm³/mol. The lowest BCUT2D eigenvalue weighted by Crippen LogP contribution is -2.17. The first-order valence-corrected chi connectivity index (χ1v) is 4.95. The number of nitrogens with one attached hydrogen (secondary N) is 1. The summed E-state index contributed by atoms with van der Waals surface area (Å²) in [4.78, 5) is 22.3. The highest BCUT2D eigenvalue weighted by molar-refractivity contribution is 5.97. The zero-order valence-electron chi connectivity index (χ0n) is 9.53. The van der Waals surface area contributed by atoms with E-state index in [1.54, 1.807) is 25.1 Å². The molecule has 0 radical (unpaired) electrons. The Balaban J connectivity index is 0.00000256. The maximum Gasteiger partial charge on any atom is 0.249 e. The smallest absolute Gasteiger partial charge is 0.249 e. The van der Waals surface area contributed by atoms with E-state index in [1.807, 2.05) is 0 Å². The van der Waals surface area contributed by atoms with Gasteiger partial charge in [0.1, 0.15) is 0 Å². The number of amides is 2. The van der Waals surface area contributed by atoms with Crippen LogP contribution in [0.15, 0.2) is 18.2 Å². The van der Waals surface area contributed by atoms with Crippen LogP contribution in [0.2, 0.25) is 0 Å². The molecule has 2 amide bonds. The average molecular weight is 258 g/mol. The molecule has 1 aromatic carbocycles. The molecule has 5 nitrogen and oxygen atoms in total. The van der Waals surface area contributed by atoms with E-state index in [4.69, 9.17) is 11.5 Å². The number of carbonyl (C=O) groups excluding carboxylic acids is 2. The van der Waals surface area contributed by atoms with Crippen LogP contribution in [0.4, 0.5) is 5.69 Å². The molecule has 0 fully saturated rings. The van der Waals surface area contributed by atoms with Crippen LogP contribution in [0.3, 0.4) is 0 Å². The molecular formula is C11H16ClN3O2. The first-order chi connectivity index (χ1) is 7.54. The van der Waals surface area contributed by atoms with Crippen molar-refractivity contribution in [1.82, 2.24) is 0 Å². The lowest BCUT2D eigenvalue weighted by molar-refractivity contribution is -0.116. The number of hydrogen-bond acceptors (Lipinski definition) is 3. The number of benzene rings is 1. The number of primary amides is 1. The maximum atomic E-state index is 11.3. The van der Waals surface area contributed by atoms with E-state index in [0.717, 1.165) is 5.56 Å². The molecule has 17 heavy (non-hydrogen) atoms. The van der Waals surface area contributed by atoms with Gasteiger partial charge in [0.15, 0.2) is 0 Å². The first-order valence-electron chi connectivity index (χ1n) is 4.95. The van der Waals surface area contributed by atoms with Crippen LogP contribution in [0.5, 0.6) is 0 Å². The number of carbonyl (C=O) groups is 2. The van der Waals surface area contributed by atoms with Gasteiger partial charge in [-0.25, -0.2) is 0 Å². The minimum Gasteiger partial charge on any atom is -0.366 e. The molecule has 1 aromatic rings. The molecule has 0 aromatic heterocycles. The number of rotatable bonds is 4. The van der Waals surface area contributed by atoms with Gasteiger partial charge in [-0.15, -0.1) is 12.4 Å². The summed E-state index contributed by atoms with van der Waals surface area (Å²) in [5.74, 6) is -0.686. The minimum absolute atomic E-state index is 0. The fourth-order valence-corrected chi connectivity index (χ4v) is 1.32. The summed E-state index contributed by atoms with van der Waals surface area (Å²) in [7, 11) is 0. The first kappa shape index (κ1) is 15.4. The standard InChI is InChI=1S/C11H15N3O2.ClH/c1-7-2-3-8(6-9(7)11(13)16)14-10(15)4-5-12;/h2-3,6H,4-5,12H2,1H3,(H2,13,16)(H,14,15);1H. The highest BCUT2D eigenvalue weighted by atomic mass is 35.5. The molecule has 0 unspecified atom stereocenters. The van der Waals surface area contributed by atoms with E-state index in [-0.39, 0.29) is 24.7 Å². The molecule has 0 bridgehead atoms. The van der Waals surface area contributed by atoms with Crippen molar-refractivity contribution >= 4 is 29.9 Å². The van der Waals surface area contributed by atoms with Crippen molar-refractivity contribution in [3.8, 4) is 0 Å². The molecular weight excluding hydrogens is 242 g/mol. The van der Waals surface area contributed by atoms with Crippen LogP contribution in [0.1, 0.15) is 22.3 Å². The van der Waals surface area contributed by atoms with Crippen molar-refractivity contribution in [3.63, 3.8) is 0 Å². The molecule has 0 saturated heterocycles. The van der Waals surface area contributed by atoms with Crippen LogP contribution in [0.25, 0.3) is 0 Å². The van der Waals surface area contributed by atoms with Crippen molar-refractivity contribution in [2.45, 2.75) is 13.3 Å². The van der Waals surface area contributed by atoms with Gasteiger partial charge in [-0.2, -0.15) is 0 Å². The van der Waals surface area contributed by atoms with E-state index in [0.29, 0.717) is 17.8 Å². The summed E-state index contributed by atoms with van der Waals surface area (Å²) in [6.07, 6.45) is 0.250. The molecule has 0 aliphatic rings. The van der Waals surface area contributed by atoms with Crippen molar-refractivity contribution in [2.75, 3.05) is 11.9 Å². The number of aryl methyl sites for hydroxylation is 1. The summed E-state index contributed by atoms with van der Waals surface area (Å²) < 4.78 is 0.